The Morgan fingerprint density at radius 1 is 1.42 bits per heavy atom. The molecular weight excluding hydrogens is 308 g/mol. The van der Waals surface area contributed by atoms with E-state index < -0.39 is 11.8 Å². The van der Waals surface area contributed by atoms with Crippen LogP contribution in [0.15, 0.2) is 24.7 Å². The summed E-state index contributed by atoms with van der Waals surface area (Å²) in [4.78, 5) is 26.7. The molecular formula is C16H22N6O2. The van der Waals surface area contributed by atoms with Gasteiger partial charge in [-0.2, -0.15) is 10.2 Å². The monoisotopic (exact) mass is 330 g/mol. The summed E-state index contributed by atoms with van der Waals surface area (Å²) in [5.74, 6) is -0.583. The molecule has 2 aromatic heterocycles. The van der Waals surface area contributed by atoms with Crippen LogP contribution in [-0.4, -0.2) is 43.2 Å². The zero-order chi connectivity index (χ0) is 16.9. The van der Waals surface area contributed by atoms with Crippen molar-refractivity contribution >= 4 is 17.6 Å². The lowest BCUT2D eigenvalue weighted by Crippen LogP contribution is -2.44. The van der Waals surface area contributed by atoms with Gasteiger partial charge in [0.15, 0.2) is 0 Å². The van der Waals surface area contributed by atoms with Crippen LogP contribution in [-0.2, 0) is 16.1 Å². The van der Waals surface area contributed by atoms with Crippen molar-refractivity contribution < 1.29 is 9.59 Å². The number of amides is 2. The highest BCUT2D eigenvalue weighted by atomic mass is 16.2. The Bertz CT molecular complexity index is 693. The molecule has 1 aliphatic rings. The van der Waals surface area contributed by atoms with E-state index in [0.717, 1.165) is 31.2 Å². The number of carbonyl (C=O) groups excluding carboxylic acids is 2. The highest BCUT2D eigenvalue weighted by molar-refractivity contribution is 6.39. The van der Waals surface area contributed by atoms with Crippen molar-refractivity contribution in [2.24, 2.45) is 0 Å². The van der Waals surface area contributed by atoms with Gasteiger partial charge in [0.2, 0.25) is 0 Å². The molecule has 1 aliphatic heterocycles. The minimum absolute atomic E-state index is 0.101. The zero-order valence-electron chi connectivity index (χ0n) is 13.7. The number of piperidine rings is 1. The Morgan fingerprint density at radius 2 is 2.29 bits per heavy atom. The fraction of sp³-hybridized carbons (Fsp3) is 0.500. The largest absolute Gasteiger partial charge is 0.327 e. The highest BCUT2D eigenvalue weighted by Crippen LogP contribution is 2.30. The maximum absolute atomic E-state index is 12.7. The lowest BCUT2D eigenvalue weighted by Gasteiger charge is -2.34. The van der Waals surface area contributed by atoms with Gasteiger partial charge in [-0.3, -0.25) is 14.7 Å². The van der Waals surface area contributed by atoms with Gasteiger partial charge >= 0.3 is 11.8 Å². The lowest BCUT2D eigenvalue weighted by molar-refractivity contribution is -0.145. The first kappa shape index (κ1) is 16.2. The number of hydrogen-bond donors (Lipinski definition) is 2. The molecule has 0 saturated carbocycles. The van der Waals surface area contributed by atoms with Gasteiger partial charge in [-0.25, -0.2) is 4.68 Å². The van der Waals surface area contributed by atoms with Gasteiger partial charge in [-0.05, 0) is 25.7 Å². The molecule has 0 bridgehead atoms. The molecule has 3 rings (SSSR count). The normalized spacial score (nSPS) is 17.7. The zero-order valence-corrected chi connectivity index (χ0v) is 13.7. The van der Waals surface area contributed by atoms with Crippen LogP contribution in [0.1, 0.15) is 44.2 Å². The molecule has 0 aromatic carbocycles. The average molecular weight is 330 g/mol. The summed E-state index contributed by atoms with van der Waals surface area (Å²) in [5.41, 5.74) is 0.937. The maximum Gasteiger partial charge on any atom is 0.315 e. The molecule has 2 aromatic rings. The van der Waals surface area contributed by atoms with Crippen molar-refractivity contribution in [3.8, 4) is 0 Å². The number of anilines is 1. The summed E-state index contributed by atoms with van der Waals surface area (Å²) in [5, 5.41) is 13.6. The molecule has 0 radical (unpaired) electrons. The third-order valence-electron chi connectivity index (χ3n) is 4.26. The second-order valence-corrected chi connectivity index (χ2v) is 5.94. The van der Waals surface area contributed by atoms with Gasteiger partial charge in [-0.15, -0.1) is 0 Å². The molecule has 1 saturated heterocycles. The molecule has 0 spiro atoms. The molecule has 3 heterocycles. The Hall–Kier alpha value is -2.64. The number of likely N-dealkylation sites (tertiary alicyclic amines) is 1. The van der Waals surface area contributed by atoms with Crippen LogP contribution in [0.25, 0.3) is 0 Å². The molecule has 128 valence electrons. The van der Waals surface area contributed by atoms with Crippen molar-refractivity contribution in [1.82, 2.24) is 24.9 Å². The molecule has 2 N–H and O–H groups in total. The minimum atomic E-state index is -0.622. The summed E-state index contributed by atoms with van der Waals surface area (Å²) in [6.45, 7) is 3.30. The number of aryl methyl sites for hydroxylation is 1. The lowest BCUT2D eigenvalue weighted by atomic mass is 9.97. The summed E-state index contributed by atoms with van der Waals surface area (Å²) >= 11 is 0. The number of aromatic nitrogens is 4. The Labute approximate surface area is 140 Å². The quantitative estimate of drug-likeness (QED) is 0.834. The van der Waals surface area contributed by atoms with Crippen LogP contribution >= 0.6 is 0 Å². The third-order valence-corrected chi connectivity index (χ3v) is 4.26. The predicted octanol–water partition coefficient (Wildman–Crippen LogP) is 1.71. The van der Waals surface area contributed by atoms with Gasteiger partial charge < -0.3 is 10.2 Å². The van der Waals surface area contributed by atoms with E-state index in [0.29, 0.717) is 18.9 Å². The molecule has 1 atom stereocenters. The molecule has 8 nitrogen and oxygen atoms in total. The van der Waals surface area contributed by atoms with E-state index in [1.807, 2.05) is 6.92 Å². The number of carbonyl (C=O) groups is 2. The summed E-state index contributed by atoms with van der Waals surface area (Å²) in [6.07, 6.45) is 8.78. The number of nitrogens with one attached hydrogen (secondary N) is 2. The van der Waals surface area contributed by atoms with Crippen molar-refractivity contribution in [2.45, 2.75) is 45.2 Å². The molecule has 0 aliphatic carbocycles. The molecule has 8 heteroatoms. The third kappa shape index (κ3) is 3.32. The van der Waals surface area contributed by atoms with Gasteiger partial charge in [0.05, 0.1) is 18.4 Å². The second kappa shape index (κ2) is 7.29. The van der Waals surface area contributed by atoms with Crippen molar-refractivity contribution in [1.29, 1.82) is 0 Å². The van der Waals surface area contributed by atoms with E-state index in [1.165, 1.54) is 0 Å². The molecule has 2 amide bonds. The number of nitrogens with zero attached hydrogens (tertiary/aromatic N) is 4. The summed E-state index contributed by atoms with van der Waals surface area (Å²) in [6, 6.07) is 1.60. The first-order chi connectivity index (χ1) is 11.7. The molecule has 1 fully saturated rings. The van der Waals surface area contributed by atoms with Crippen LogP contribution in [0, 0.1) is 0 Å². The van der Waals surface area contributed by atoms with Crippen LogP contribution in [0.2, 0.25) is 0 Å². The number of H-pyrrole nitrogens is 1. The van der Waals surface area contributed by atoms with E-state index in [4.69, 9.17) is 0 Å². The van der Waals surface area contributed by atoms with E-state index in [1.54, 1.807) is 34.2 Å². The maximum atomic E-state index is 12.7. The second-order valence-electron chi connectivity index (χ2n) is 5.94. The van der Waals surface area contributed by atoms with Crippen molar-refractivity contribution in [3.63, 3.8) is 0 Å². The van der Waals surface area contributed by atoms with Crippen LogP contribution in [0.5, 0.6) is 0 Å². The van der Waals surface area contributed by atoms with Crippen molar-refractivity contribution in [3.05, 3.63) is 30.2 Å². The number of aromatic amines is 1. The fourth-order valence-electron chi connectivity index (χ4n) is 3.09. The van der Waals surface area contributed by atoms with Gasteiger partial charge in [-0.1, -0.05) is 6.92 Å². The first-order valence-corrected chi connectivity index (χ1v) is 8.33. The molecule has 24 heavy (non-hydrogen) atoms. The van der Waals surface area contributed by atoms with E-state index >= 15 is 0 Å². The fourth-order valence-corrected chi connectivity index (χ4v) is 3.09. The summed E-state index contributed by atoms with van der Waals surface area (Å²) in [7, 11) is 0. The topological polar surface area (TPSA) is 95.9 Å². The predicted molar refractivity (Wildman–Crippen MR) is 88.0 cm³/mol. The Morgan fingerprint density at radius 3 is 3.04 bits per heavy atom. The highest BCUT2D eigenvalue weighted by Gasteiger charge is 2.32. The number of hydrogen-bond acceptors (Lipinski definition) is 4. The average Bonchev–Trinajstić information content (AvgIpc) is 3.27. The molecule has 0 unspecified atom stereocenters. The SMILES string of the molecule is CCCn1nccc1NC(=O)C(=O)N1CCCC[C@@H]1c1cn[nH]c1. The van der Waals surface area contributed by atoms with Crippen molar-refractivity contribution in [2.75, 3.05) is 11.9 Å². The van der Waals surface area contributed by atoms with E-state index in [2.05, 4.69) is 20.6 Å². The van der Waals surface area contributed by atoms with Crippen LogP contribution in [0.4, 0.5) is 5.82 Å². The summed E-state index contributed by atoms with van der Waals surface area (Å²) < 4.78 is 1.69. The minimum Gasteiger partial charge on any atom is -0.327 e. The van der Waals surface area contributed by atoms with Crippen LogP contribution in [0.3, 0.4) is 0 Å². The standard InChI is InChI=1S/C16H22N6O2/c1-2-8-22-14(6-7-19-22)20-15(23)16(24)21-9-4-3-5-13(21)12-10-17-18-11-12/h6-7,10-11,13H,2-5,8-9H2,1H3,(H,17,18)(H,20,23)/t13-/m1/s1. The number of rotatable bonds is 4. The van der Waals surface area contributed by atoms with Gasteiger partial charge in [0.1, 0.15) is 5.82 Å². The first-order valence-electron chi connectivity index (χ1n) is 8.33. The Balaban J connectivity index is 1.72. The van der Waals surface area contributed by atoms with Crippen LogP contribution < -0.4 is 5.32 Å². The smallest absolute Gasteiger partial charge is 0.315 e. The van der Waals surface area contributed by atoms with Gasteiger partial charge in [0.25, 0.3) is 0 Å². The van der Waals surface area contributed by atoms with Gasteiger partial charge in [0, 0.05) is 30.9 Å². The Kier molecular flexibility index (Phi) is 4.93. The van der Waals surface area contributed by atoms with E-state index in [-0.39, 0.29) is 6.04 Å². The van der Waals surface area contributed by atoms with E-state index in [9.17, 15) is 9.59 Å².